The summed E-state index contributed by atoms with van der Waals surface area (Å²) in [5.74, 6) is 0.596. The van der Waals surface area contributed by atoms with E-state index in [2.05, 4.69) is 40.9 Å². The van der Waals surface area contributed by atoms with Crippen LogP contribution in [0.2, 0.25) is 0 Å². The third kappa shape index (κ3) is 7.07. The van der Waals surface area contributed by atoms with Crippen molar-refractivity contribution in [2.24, 2.45) is 0 Å². The number of hydrogen-bond acceptors (Lipinski definition) is 5. The first-order valence-electron chi connectivity index (χ1n) is 13.6. The Morgan fingerprint density at radius 1 is 1.08 bits per heavy atom. The van der Waals surface area contributed by atoms with Gasteiger partial charge in [0.05, 0.1) is 17.6 Å². The van der Waals surface area contributed by atoms with E-state index in [-0.39, 0.29) is 5.91 Å². The summed E-state index contributed by atoms with van der Waals surface area (Å²) < 4.78 is 0. The molecule has 0 unspecified atom stereocenters. The Morgan fingerprint density at radius 2 is 1.79 bits per heavy atom. The number of aromatic nitrogens is 2. The second-order valence-electron chi connectivity index (χ2n) is 10.1. The average Bonchev–Trinajstić information content (AvgIpc) is 2.91. The minimum atomic E-state index is 0.0564. The fourth-order valence-electron chi connectivity index (χ4n) is 5.12. The van der Waals surface area contributed by atoms with Crippen molar-refractivity contribution in [3.63, 3.8) is 0 Å². The molecule has 6 nitrogen and oxygen atoms in total. The number of nitrogens with two attached hydrogens (primary N) is 1. The van der Waals surface area contributed by atoms with Crippen LogP contribution in [0.3, 0.4) is 0 Å². The molecule has 1 saturated heterocycles. The number of benzene rings is 1. The third-order valence-corrected chi connectivity index (χ3v) is 7.07. The maximum atomic E-state index is 12.3. The van der Waals surface area contributed by atoms with Crippen LogP contribution >= 0.6 is 0 Å². The molecular weight excluding hydrogens is 470 g/mol. The van der Waals surface area contributed by atoms with Crippen molar-refractivity contribution in [1.82, 2.24) is 19.8 Å². The maximum Gasteiger partial charge on any atom is 0.253 e. The summed E-state index contributed by atoms with van der Waals surface area (Å²) in [6, 6.07) is 12.1. The van der Waals surface area contributed by atoms with E-state index >= 15 is 0 Å². The number of anilines is 1. The van der Waals surface area contributed by atoms with Crippen molar-refractivity contribution >= 4 is 17.7 Å². The highest BCUT2D eigenvalue weighted by molar-refractivity contribution is 5.94. The van der Waals surface area contributed by atoms with Crippen LogP contribution in [-0.2, 0) is 0 Å². The number of pyridine rings is 2. The lowest BCUT2D eigenvalue weighted by molar-refractivity contribution is 0.0827. The van der Waals surface area contributed by atoms with Crippen LogP contribution in [-0.4, -0.2) is 59.4 Å². The van der Waals surface area contributed by atoms with Crippen molar-refractivity contribution in [3.8, 4) is 11.3 Å². The number of carbonyl (C=O) groups excluding carboxylic acids is 1. The summed E-state index contributed by atoms with van der Waals surface area (Å²) in [5, 5.41) is 0. The molecule has 3 aromatic rings. The molecule has 6 heteroatoms. The molecule has 0 saturated carbocycles. The highest BCUT2D eigenvalue weighted by atomic mass is 16.2. The number of carbonyl (C=O) groups is 1. The van der Waals surface area contributed by atoms with Crippen molar-refractivity contribution in [1.29, 1.82) is 0 Å². The molecule has 3 heterocycles. The topological polar surface area (TPSA) is 75.3 Å². The number of piperidine rings is 1. The van der Waals surface area contributed by atoms with E-state index < -0.39 is 0 Å². The Morgan fingerprint density at radius 3 is 2.39 bits per heavy atom. The first-order valence-corrected chi connectivity index (χ1v) is 13.6. The Balaban J connectivity index is 0.00000195. The zero-order valence-electron chi connectivity index (χ0n) is 24.1. The summed E-state index contributed by atoms with van der Waals surface area (Å²) in [5.41, 5.74) is 15.3. The molecule has 0 radical (unpaired) electrons. The molecule has 0 bridgehead atoms. The van der Waals surface area contributed by atoms with Gasteiger partial charge in [-0.15, -0.1) is 0 Å². The first kappa shape index (κ1) is 29.1. The average molecular weight is 514 g/mol. The predicted molar refractivity (Wildman–Crippen MR) is 159 cm³/mol. The molecule has 0 atom stereocenters. The molecule has 1 fully saturated rings. The highest BCUT2D eigenvalue weighted by Crippen LogP contribution is 2.32. The Hall–Kier alpha value is -3.51. The molecule has 1 aliphatic rings. The SMILES string of the molecule is C/C(=C\c1c(-c2ccc(N)cn2)ccnc1C)CN1CCC(c2ccc(C(=O)N(C)C)cc2C)CC1.CC. The number of aryl methyl sites for hydroxylation is 2. The zero-order valence-corrected chi connectivity index (χ0v) is 24.1. The molecule has 1 aromatic carbocycles. The number of rotatable bonds is 6. The van der Waals surface area contributed by atoms with Crippen LogP contribution < -0.4 is 5.73 Å². The van der Waals surface area contributed by atoms with Crippen molar-refractivity contribution in [2.75, 3.05) is 39.5 Å². The van der Waals surface area contributed by atoms with Gasteiger partial charge in [0.2, 0.25) is 0 Å². The van der Waals surface area contributed by atoms with E-state index in [9.17, 15) is 4.79 Å². The van der Waals surface area contributed by atoms with Gasteiger partial charge in [-0.2, -0.15) is 0 Å². The standard InChI is InChI=1S/C30H37N5O.C2H6/c1-20(16-28-22(3)32-13-10-27(28)29-9-7-25(31)18-33-29)19-35-14-11-23(12-15-35)26-8-6-24(17-21(26)2)30(36)34(4)5;1-2/h6-10,13,16-18,23H,11-12,14-15,19,31H2,1-5H3;1-2H3/b20-16+;. The number of nitrogen functional groups attached to an aromatic ring is 1. The molecule has 0 spiro atoms. The quantitative estimate of drug-likeness (QED) is 0.415. The van der Waals surface area contributed by atoms with Gasteiger partial charge in [-0.3, -0.25) is 19.7 Å². The van der Waals surface area contributed by atoms with Gasteiger partial charge in [0.15, 0.2) is 0 Å². The molecule has 1 aliphatic heterocycles. The van der Waals surface area contributed by atoms with Crippen molar-refractivity contribution in [2.45, 2.75) is 53.4 Å². The molecule has 38 heavy (non-hydrogen) atoms. The summed E-state index contributed by atoms with van der Waals surface area (Å²) >= 11 is 0. The monoisotopic (exact) mass is 513 g/mol. The molecule has 1 amide bonds. The minimum Gasteiger partial charge on any atom is -0.397 e. The van der Waals surface area contributed by atoms with Gasteiger partial charge in [-0.25, -0.2) is 0 Å². The van der Waals surface area contributed by atoms with Crippen LogP contribution in [0.5, 0.6) is 0 Å². The summed E-state index contributed by atoms with van der Waals surface area (Å²) in [6.07, 6.45) is 8.05. The lowest BCUT2D eigenvalue weighted by Gasteiger charge is -2.33. The maximum absolute atomic E-state index is 12.3. The first-order chi connectivity index (χ1) is 18.2. The van der Waals surface area contributed by atoms with Crippen LogP contribution in [0.1, 0.15) is 72.3 Å². The van der Waals surface area contributed by atoms with E-state index in [1.54, 1.807) is 25.2 Å². The Kier molecular flexibility index (Phi) is 10.2. The van der Waals surface area contributed by atoms with Gasteiger partial charge >= 0.3 is 0 Å². The van der Waals surface area contributed by atoms with Crippen LogP contribution in [0.25, 0.3) is 17.3 Å². The summed E-state index contributed by atoms with van der Waals surface area (Å²) in [4.78, 5) is 25.5. The van der Waals surface area contributed by atoms with Gasteiger partial charge in [0, 0.05) is 49.2 Å². The van der Waals surface area contributed by atoms with Crippen LogP contribution in [0.15, 0.2) is 54.4 Å². The van der Waals surface area contributed by atoms with Gasteiger partial charge in [-0.1, -0.05) is 31.6 Å². The molecule has 2 N–H and O–H groups in total. The largest absolute Gasteiger partial charge is 0.397 e. The van der Waals surface area contributed by atoms with E-state index in [4.69, 9.17) is 5.73 Å². The summed E-state index contributed by atoms with van der Waals surface area (Å²) in [6.45, 7) is 13.4. The second kappa shape index (κ2) is 13.3. The molecule has 202 valence electrons. The highest BCUT2D eigenvalue weighted by Gasteiger charge is 2.23. The van der Waals surface area contributed by atoms with Gasteiger partial charge < -0.3 is 10.6 Å². The predicted octanol–water partition coefficient (Wildman–Crippen LogP) is 6.35. The number of likely N-dealkylation sites (tertiary alicyclic amines) is 1. The van der Waals surface area contributed by atoms with Crippen molar-refractivity contribution < 1.29 is 4.79 Å². The Labute approximate surface area is 228 Å². The lowest BCUT2D eigenvalue weighted by Crippen LogP contribution is -2.34. The van der Waals surface area contributed by atoms with Gasteiger partial charge in [0.25, 0.3) is 5.91 Å². The fraction of sp³-hybridized carbons (Fsp3) is 0.406. The molecule has 0 aliphatic carbocycles. The number of nitrogens with zero attached hydrogens (tertiary/aromatic N) is 4. The normalized spacial score (nSPS) is 14.6. The molecule has 4 rings (SSSR count). The van der Waals surface area contributed by atoms with E-state index in [1.807, 2.05) is 57.3 Å². The number of amides is 1. The van der Waals surface area contributed by atoms with Gasteiger partial charge in [0.1, 0.15) is 0 Å². The second-order valence-corrected chi connectivity index (χ2v) is 10.1. The fourth-order valence-corrected chi connectivity index (χ4v) is 5.12. The molecular formula is C32H43N5O. The number of hydrogen-bond donors (Lipinski definition) is 1. The van der Waals surface area contributed by atoms with Gasteiger partial charge in [-0.05, 0) is 94.1 Å². The smallest absolute Gasteiger partial charge is 0.253 e. The third-order valence-electron chi connectivity index (χ3n) is 7.07. The van der Waals surface area contributed by atoms with Crippen LogP contribution in [0, 0.1) is 13.8 Å². The van der Waals surface area contributed by atoms with Crippen molar-refractivity contribution in [3.05, 3.63) is 82.3 Å². The minimum absolute atomic E-state index is 0.0564. The summed E-state index contributed by atoms with van der Waals surface area (Å²) in [7, 11) is 3.59. The van der Waals surface area contributed by atoms with E-state index in [1.165, 1.54) is 16.7 Å². The zero-order chi connectivity index (χ0) is 27.8. The molecule has 2 aromatic heterocycles. The lowest BCUT2D eigenvalue weighted by atomic mass is 9.86. The Bertz CT molecular complexity index is 1260. The van der Waals surface area contributed by atoms with E-state index in [0.29, 0.717) is 11.6 Å². The van der Waals surface area contributed by atoms with Crippen LogP contribution in [0.4, 0.5) is 5.69 Å². The van der Waals surface area contributed by atoms with E-state index in [0.717, 1.165) is 60.6 Å².